The van der Waals surface area contributed by atoms with Crippen molar-refractivity contribution in [2.75, 3.05) is 19.0 Å². The molecule has 1 aliphatic heterocycles. The van der Waals surface area contributed by atoms with Crippen molar-refractivity contribution in [2.45, 2.75) is 19.3 Å². The van der Waals surface area contributed by atoms with Crippen LogP contribution in [0.15, 0.2) is 12.2 Å². The predicted octanol–water partition coefficient (Wildman–Crippen LogP) is 1.93. The van der Waals surface area contributed by atoms with E-state index < -0.39 is 9.05 Å². The summed E-state index contributed by atoms with van der Waals surface area (Å²) >= 11 is 0. The minimum atomic E-state index is -3.44. The van der Waals surface area contributed by atoms with Crippen LogP contribution in [0.25, 0.3) is 0 Å². The fraction of sp³-hybridized carbons (Fsp3) is 0.778. The van der Waals surface area contributed by atoms with Crippen molar-refractivity contribution in [1.82, 2.24) is 0 Å². The largest absolute Gasteiger partial charge is 0.381 e. The van der Waals surface area contributed by atoms with Gasteiger partial charge in [-0.1, -0.05) is 12.2 Å². The SMILES string of the molecule is C=C(CC1CCCOC1)CS(=O)(=O)Cl. The van der Waals surface area contributed by atoms with Crippen LogP contribution in [0, 0.1) is 5.92 Å². The van der Waals surface area contributed by atoms with E-state index in [0.717, 1.165) is 19.4 Å². The highest BCUT2D eigenvalue weighted by molar-refractivity contribution is 8.13. The molecule has 0 aromatic rings. The number of halogens is 1. The molecule has 1 unspecified atom stereocenters. The second-order valence-electron chi connectivity index (χ2n) is 3.72. The van der Waals surface area contributed by atoms with Crippen LogP contribution in [0.5, 0.6) is 0 Å². The first-order valence-corrected chi connectivity index (χ1v) is 7.12. The van der Waals surface area contributed by atoms with Gasteiger partial charge in [-0.3, -0.25) is 0 Å². The van der Waals surface area contributed by atoms with Crippen LogP contribution in [0.2, 0.25) is 0 Å². The summed E-state index contributed by atoms with van der Waals surface area (Å²) in [6.07, 6.45) is 2.83. The predicted molar refractivity (Wildman–Crippen MR) is 56.9 cm³/mol. The van der Waals surface area contributed by atoms with Gasteiger partial charge < -0.3 is 4.74 Å². The van der Waals surface area contributed by atoms with Crippen LogP contribution in [-0.4, -0.2) is 27.4 Å². The summed E-state index contributed by atoms with van der Waals surface area (Å²) in [5.74, 6) is 0.292. The smallest absolute Gasteiger partial charge is 0.236 e. The second-order valence-corrected chi connectivity index (χ2v) is 6.50. The van der Waals surface area contributed by atoms with Crippen molar-refractivity contribution in [2.24, 2.45) is 5.92 Å². The fourth-order valence-corrected chi connectivity index (χ4v) is 2.75. The van der Waals surface area contributed by atoms with Gasteiger partial charge in [0.15, 0.2) is 0 Å². The Labute approximate surface area is 89.5 Å². The third-order valence-electron chi connectivity index (χ3n) is 2.21. The van der Waals surface area contributed by atoms with Crippen LogP contribution in [0.1, 0.15) is 19.3 Å². The average Bonchev–Trinajstić information content (AvgIpc) is 2.02. The zero-order chi connectivity index (χ0) is 10.6. The normalized spacial score (nSPS) is 23.4. The lowest BCUT2D eigenvalue weighted by Crippen LogP contribution is -2.18. The molecule has 1 rings (SSSR count). The van der Waals surface area contributed by atoms with Gasteiger partial charge in [0.1, 0.15) is 0 Å². The first-order valence-electron chi connectivity index (χ1n) is 4.64. The quantitative estimate of drug-likeness (QED) is 0.555. The molecule has 14 heavy (non-hydrogen) atoms. The van der Waals surface area contributed by atoms with Crippen molar-refractivity contribution in [1.29, 1.82) is 0 Å². The van der Waals surface area contributed by atoms with Crippen molar-refractivity contribution < 1.29 is 13.2 Å². The van der Waals surface area contributed by atoms with Crippen LogP contribution >= 0.6 is 10.7 Å². The van der Waals surface area contributed by atoms with Gasteiger partial charge in [-0.15, -0.1) is 0 Å². The lowest BCUT2D eigenvalue weighted by molar-refractivity contribution is 0.0551. The number of ether oxygens (including phenoxy) is 1. The molecule has 0 aliphatic carbocycles. The van der Waals surface area contributed by atoms with Gasteiger partial charge in [-0.25, -0.2) is 8.42 Å². The highest BCUT2D eigenvalue weighted by Crippen LogP contribution is 2.21. The summed E-state index contributed by atoms with van der Waals surface area (Å²) in [6, 6.07) is 0. The van der Waals surface area contributed by atoms with E-state index in [9.17, 15) is 8.42 Å². The van der Waals surface area contributed by atoms with E-state index in [2.05, 4.69) is 6.58 Å². The second kappa shape index (κ2) is 5.14. The van der Waals surface area contributed by atoms with E-state index in [1.165, 1.54) is 0 Å². The molecule has 0 radical (unpaired) electrons. The summed E-state index contributed by atoms with van der Waals surface area (Å²) in [5.41, 5.74) is 0.676. The summed E-state index contributed by atoms with van der Waals surface area (Å²) in [4.78, 5) is 0. The highest BCUT2D eigenvalue weighted by atomic mass is 35.7. The molecule has 1 aliphatic rings. The van der Waals surface area contributed by atoms with Gasteiger partial charge in [0.25, 0.3) is 0 Å². The Morgan fingerprint density at radius 2 is 2.29 bits per heavy atom. The number of hydrogen-bond donors (Lipinski definition) is 0. The Hall–Kier alpha value is -0.0600. The van der Waals surface area contributed by atoms with E-state index in [0.29, 0.717) is 24.5 Å². The number of rotatable bonds is 4. The minimum Gasteiger partial charge on any atom is -0.381 e. The van der Waals surface area contributed by atoms with Crippen LogP contribution in [-0.2, 0) is 13.8 Å². The molecule has 1 atom stereocenters. The number of hydrogen-bond acceptors (Lipinski definition) is 3. The highest BCUT2D eigenvalue weighted by Gasteiger charge is 2.17. The van der Waals surface area contributed by atoms with Crippen LogP contribution < -0.4 is 0 Å². The monoisotopic (exact) mass is 238 g/mol. The van der Waals surface area contributed by atoms with Crippen LogP contribution in [0.3, 0.4) is 0 Å². The standard InChI is InChI=1S/C9H15ClO3S/c1-8(7-14(10,11)12)5-9-3-2-4-13-6-9/h9H,1-7H2. The Morgan fingerprint density at radius 1 is 1.57 bits per heavy atom. The first-order chi connectivity index (χ1) is 6.47. The van der Waals surface area contributed by atoms with Crippen molar-refractivity contribution >= 4 is 19.7 Å². The molecule has 0 spiro atoms. The van der Waals surface area contributed by atoms with Crippen LogP contribution in [0.4, 0.5) is 0 Å². The van der Waals surface area contributed by atoms with E-state index in [1.54, 1.807) is 0 Å². The summed E-state index contributed by atoms with van der Waals surface area (Å²) < 4.78 is 26.8. The molecule has 5 heteroatoms. The molecule has 0 N–H and O–H groups in total. The molecule has 1 heterocycles. The van der Waals surface area contributed by atoms with Gasteiger partial charge in [0.2, 0.25) is 9.05 Å². The Balaban J connectivity index is 2.32. The zero-order valence-corrected chi connectivity index (χ0v) is 9.61. The summed E-state index contributed by atoms with van der Waals surface area (Å²) in [6.45, 7) is 5.24. The molecule has 0 amide bonds. The third-order valence-corrected chi connectivity index (χ3v) is 3.29. The molecule has 82 valence electrons. The van der Waals surface area contributed by atoms with E-state index in [-0.39, 0.29) is 5.75 Å². The zero-order valence-electron chi connectivity index (χ0n) is 8.04. The topological polar surface area (TPSA) is 43.4 Å². The van der Waals surface area contributed by atoms with Gasteiger partial charge in [0, 0.05) is 23.9 Å². The molecule has 0 aromatic carbocycles. The Morgan fingerprint density at radius 3 is 2.79 bits per heavy atom. The lowest BCUT2D eigenvalue weighted by atomic mass is 9.95. The molecular formula is C9H15ClO3S. The van der Waals surface area contributed by atoms with E-state index in [1.807, 2.05) is 0 Å². The van der Waals surface area contributed by atoms with Gasteiger partial charge in [0.05, 0.1) is 5.75 Å². The molecule has 0 aromatic heterocycles. The van der Waals surface area contributed by atoms with Crippen molar-refractivity contribution in [3.8, 4) is 0 Å². The molecular weight excluding hydrogens is 224 g/mol. The minimum absolute atomic E-state index is 0.120. The summed E-state index contributed by atoms with van der Waals surface area (Å²) in [5, 5.41) is 0. The maximum absolute atomic E-state index is 10.8. The molecule has 0 saturated carbocycles. The van der Waals surface area contributed by atoms with Gasteiger partial charge in [-0.05, 0) is 25.2 Å². The maximum Gasteiger partial charge on any atom is 0.236 e. The molecule has 0 bridgehead atoms. The Kier molecular flexibility index (Phi) is 4.41. The lowest BCUT2D eigenvalue weighted by Gasteiger charge is -2.22. The van der Waals surface area contributed by atoms with Crippen molar-refractivity contribution in [3.63, 3.8) is 0 Å². The van der Waals surface area contributed by atoms with E-state index in [4.69, 9.17) is 15.4 Å². The maximum atomic E-state index is 10.8. The summed E-state index contributed by atoms with van der Waals surface area (Å²) in [7, 11) is 1.68. The Bertz CT molecular complexity index is 291. The van der Waals surface area contributed by atoms with E-state index >= 15 is 0 Å². The molecule has 1 fully saturated rings. The third kappa shape index (κ3) is 4.98. The first kappa shape index (κ1) is 12.0. The molecule has 3 nitrogen and oxygen atoms in total. The average molecular weight is 239 g/mol. The van der Waals surface area contributed by atoms with Gasteiger partial charge >= 0.3 is 0 Å². The van der Waals surface area contributed by atoms with Crippen molar-refractivity contribution in [3.05, 3.63) is 12.2 Å². The van der Waals surface area contributed by atoms with Gasteiger partial charge in [-0.2, -0.15) is 0 Å². The fourth-order valence-electron chi connectivity index (χ4n) is 1.68. The molecule has 1 saturated heterocycles.